The monoisotopic (exact) mass is 326 g/mol. The van der Waals surface area contributed by atoms with Crippen molar-refractivity contribution < 1.29 is 9.53 Å². The van der Waals surface area contributed by atoms with Crippen LogP contribution in [0.25, 0.3) is 0 Å². The molecule has 24 heavy (non-hydrogen) atoms. The van der Waals surface area contributed by atoms with Gasteiger partial charge in [0, 0.05) is 12.2 Å². The molecule has 4 nitrogen and oxygen atoms in total. The fourth-order valence-corrected chi connectivity index (χ4v) is 2.47. The summed E-state index contributed by atoms with van der Waals surface area (Å²) in [6, 6.07) is 13.9. The van der Waals surface area contributed by atoms with E-state index in [4.69, 9.17) is 4.74 Å². The van der Waals surface area contributed by atoms with E-state index >= 15 is 0 Å². The summed E-state index contributed by atoms with van der Waals surface area (Å²) >= 11 is 0. The van der Waals surface area contributed by atoms with Crippen LogP contribution in [0.3, 0.4) is 0 Å². The Balaban J connectivity index is 1.84. The van der Waals surface area contributed by atoms with Gasteiger partial charge in [-0.15, -0.1) is 0 Å². The van der Waals surface area contributed by atoms with Gasteiger partial charge in [-0.1, -0.05) is 24.3 Å². The van der Waals surface area contributed by atoms with Crippen LogP contribution in [0.4, 0.5) is 5.69 Å². The number of carbonyl (C=O) groups is 1. The number of ether oxygens (including phenoxy) is 1. The van der Waals surface area contributed by atoms with Crippen molar-refractivity contribution in [3.8, 4) is 5.75 Å². The van der Waals surface area contributed by atoms with Gasteiger partial charge in [-0.3, -0.25) is 4.79 Å². The molecule has 0 aliphatic carbocycles. The molecule has 0 atom stereocenters. The summed E-state index contributed by atoms with van der Waals surface area (Å²) in [6.45, 7) is 5.30. The predicted octanol–water partition coefficient (Wildman–Crippen LogP) is 3.77. The van der Waals surface area contributed by atoms with Crippen molar-refractivity contribution in [3.05, 3.63) is 59.2 Å². The Morgan fingerprint density at radius 3 is 2.62 bits per heavy atom. The normalized spacial score (nSPS) is 10.7. The largest absolute Gasteiger partial charge is 0.493 e. The molecule has 0 aliphatic rings. The molecule has 2 rings (SSSR count). The molecule has 2 aromatic carbocycles. The Bertz CT molecular complexity index is 696. The van der Waals surface area contributed by atoms with Crippen LogP contribution in [0.1, 0.15) is 23.1 Å². The zero-order valence-corrected chi connectivity index (χ0v) is 14.9. The SMILES string of the molecule is Cc1cccc(OCCC(=O)Nc2cccc(CN(C)C)c2)c1C. The number of rotatable bonds is 7. The quantitative estimate of drug-likeness (QED) is 0.842. The summed E-state index contributed by atoms with van der Waals surface area (Å²) in [4.78, 5) is 14.2. The van der Waals surface area contributed by atoms with Gasteiger partial charge in [0.1, 0.15) is 5.75 Å². The molecule has 0 saturated heterocycles. The first-order chi connectivity index (χ1) is 11.5. The fraction of sp³-hybridized carbons (Fsp3) is 0.350. The minimum atomic E-state index is -0.0395. The van der Waals surface area contributed by atoms with Crippen LogP contribution in [0.2, 0.25) is 0 Å². The zero-order valence-electron chi connectivity index (χ0n) is 14.9. The number of aryl methyl sites for hydroxylation is 1. The van der Waals surface area contributed by atoms with Crippen molar-refractivity contribution in [2.75, 3.05) is 26.0 Å². The molecule has 0 spiro atoms. The first kappa shape index (κ1) is 18.0. The molecule has 2 aromatic rings. The molecule has 0 bridgehead atoms. The van der Waals surface area contributed by atoms with Crippen LogP contribution in [0, 0.1) is 13.8 Å². The lowest BCUT2D eigenvalue weighted by Crippen LogP contribution is -2.16. The van der Waals surface area contributed by atoms with Gasteiger partial charge in [-0.25, -0.2) is 0 Å². The molecule has 1 amide bonds. The number of amides is 1. The van der Waals surface area contributed by atoms with Gasteiger partial charge in [0.15, 0.2) is 0 Å². The zero-order chi connectivity index (χ0) is 17.5. The highest BCUT2D eigenvalue weighted by molar-refractivity contribution is 5.90. The highest BCUT2D eigenvalue weighted by Gasteiger charge is 2.06. The second kappa shape index (κ2) is 8.50. The molecule has 0 heterocycles. The molecule has 128 valence electrons. The highest BCUT2D eigenvalue weighted by atomic mass is 16.5. The van der Waals surface area contributed by atoms with Crippen LogP contribution in [-0.4, -0.2) is 31.5 Å². The predicted molar refractivity (Wildman–Crippen MR) is 98.5 cm³/mol. The number of benzene rings is 2. The third-order valence-corrected chi connectivity index (χ3v) is 3.85. The molecule has 0 fully saturated rings. The van der Waals surface area contributed by atoms with E-state index in [1.54, 1.807) is 0 Å². The van der Waals surface area contributed by atoms with Crippen LogP contribution in [-0.2, 0) is 11.3 Å². The van der Waals surface area contributed by atoms with E-state index in [0.717, 1.165) is 23.5 Å². The summed E-state index contributed by atoms with van der Waals surface area (Å²) in [5.41, 5.74) is 4.31. The number of hydrogen-bond donors (Lipinski definition) is 1. The number of nitrogens with zero attached hydrogens (tertiary/aromatic N) is 1. The second-order valence-corrected chi connectivity index (χ2v) is 6.28. The average molecular weight is 326 g/mol. The first-order valence-electron chi connectivity index (χ1n) is 8.18. The lowest BCUT2D eigenvalue weighted by molar-refractivity contribution is -0.116. The molecule has 4 heteroatoms. The Hall–Kier alpha value is -2.33. The topological polar surface area (TPSA) is 41.6 Å². The molecule has 0 unspecified atom stereocenters. The van der Waals surface area contributed by atoms with Gasteiger partial charge in [0.2, 0.25) is 5.91 Å². The van der Waals surface area contributed by atoms with E-state index in [-0.39, 0.29) is 5.91 Å². The van der Waals surface area contributed by atoms with Gasteiger partial charge in [0.05, 0.1) is 13.0 Å². The van der Waals surface area contributed by atoms with Gasteiger partial charge in [0.25, 0.3) is 0 Å². The molecule has 0 aromatic heterocycles. The van der Waals surface area contributed by atoms with Crippen molar-refractivity contribution in [1.82, 2.24) is 4.90 Å². The van der Waals surface area contributed by atoms with Crippen molar-refractivity contribution in [2.24, 2.45) is 0 Å². The summed E-state index contributed by atoms with van der Waals surface area (Å²) in [7, 11) is 4.05. The maximum atomic E-state index is 12.1. The molecule has 0 saturated carbocycles. The summed E-state index contributed by atoms with van der Waals surface area (Å²) in [5.74, 6) is 0.804. The Morgan fingerprint density at radius 1 is 1.12 bits per heavy atom. The van der Waals surface area contributed by atoms with Crippen molar-refractivity contribution >= 4 is 11.6 Å². The van der Waals surface area contributed by atoms with E-state index in [9.17, 15) is 4.79 Å². The van der Waals surface area contributed by atoms with Gasteiger partial charge in [-0.05, 0) is 62.8 Å². The second-order valence-electron chi connectivity index (χ2n) is 6.28. The van der Waals surface area contributed by atoms with E-state index < -0.39 is 0 Å². The number of carbonyl (C=O) groups excluding carboxylic acids is 1. The minimum Gasteiger partial charge on any atom is -0.493 e. The van der Waals surface area contributed by atoms with Crippen molar-refractivity contribution in [2.45, 2.75) is 26.8 Å². The first-order valence-corrected chi connectivity index (χ1v) is 8.18. The molecule has 0 radical (unpaired) electrons. The Labute approximate surface area is 144 Å². The fourth-order valence-electron chi connectivity index (χ4n) is 2.47. The van der Waals surface area contributed by atoms with Crippen molar-refractivity contribution in [3.63, 3.8) is 0 Å². The summed E-state index contributed by atoms with van der Waals surface area (Å²) in [6.07, 6.45) is 0.325. The number of nitrogens with one attached hydrogen (secondary N) is 1. The van der Waals surface area contributed by atoms with Crippen molar-refractivity contribution in [1.29, 1.82) is 0 Å². The number of anilines is 1. The van der Waals surface area contributed by atoms with Gasteiger partial charge >= 0.3 is 0 Å². The minimum absolute atomic E-state index is 0.0395. The smallest absolute Gasteiger partial charge is 0.227 e. The Kier molecular flexibility index (Phi) is 6.38. The standard InChI is InChI=1S/C20H26N2O2/c1-15-7-5-10-19(16(15)2)24-12-11-20(23)21-18-9-6-8-17(13-18)14-22(3)4/h5-10,13H,11-12,14H2,1-4H3,(H,21,23). The van der Waals surface area contributed by atoms with E-state index in [1.807, 2.05) is 51.4 Å². The third kappa shape index (κ3) is 5.39. The lowest BCUT2D eigenvalue weighted by Gasteiger charge is -2.12. The molecular weight excluding hydrogens is 300 g/mol. The van der Waals surface area contributed by atoms with Crippen LogP contribution in [0.15, 0.2) is 42.5 Å². The van der Waals surface area contributed by atoms with Crippen LogP contribution < -0.4 is 10.1 Å². The Morgan fingerprint density at radius 2 is 1.88 bits per heavy atom. The average Bonchev–Trinajstić information content (AvgIpc) is 2.51. The summed E-state index contributed by atoms with van der Waals surface area (Å²) in [5, 5.41) is 2.93. The highest BCUT2D eigenvalue weighted by Crippen LogP contribution is 2.20. The maximum Gasteiger partial charge on any atom is 0.227 e. The maximum absolute atomic E-state index is 12.1. The van der Waals surface area contributed by atoms with E-state index in [0.29, 0.717) is 13.0 Å². The van der Waals surface area contributed by atoms with E-state index in [1.165, 1.54) is 11.1 Å². The molecule has 0 aliphatic heterocycles. The summed E-state index contributed by atoms with van der Waals surface area (Å²) < 4.78 is 5.73. The van der Waals surface area contributed by atoms with Crippen LogP contribution in [0.5, 0.6) is 5.75 Å². The van der Waals surface area contributed by atoms with E-state index in [2.05, 4.69) is 29.3 Å². The van der Waals surface area contributed by atoms with Gasteiger partial charge < -0.3 is 15.0 Å². The molecular formula is C20H26N2O2. The van der Waals surface area contributed by atoms with Gasteiger partial charge in [-0.2, -0.15) is 0 Å². The number of hydrogen-bond acceptors (Lipinski definition) is 3. The molecule has 1 N–H and O–H groups in total. The third-order valence-electron chi connectivity index (χ3n) is 3.85. The van der Waals surface area contributed by atoms with Crippen LogP contribution >= 0.6 is 0 Å². The lowest BCUT2D eigenvalue weighted by atomic mass is 10.1.